The molecule has 2 heterocycles. The SMILES string of the molecule is CCC[C@@H]1CN(CCCn2cccn2)C[C@H]1N(C)C. The van der Waals surface area contributed by atoms with Crippen LogP contribution in [0.4, 0.5) is 0 Å². The van der Waals surface area contributed by atoms with Gasteiger partial charge in [0.25, 0.3) is 0 Å². The molecule has 1 aromatic rings. The largest absolute Gasteiger partial charge is 0.305 e. The molecular formula is C15H28N4. The van der Waals surface area contributed by atoms with Gasteiger partial charge in [0.05, 0.1) is 0 Å². The molecule has 0 spiro atoms. The summed E-state index contributed by atoms with van der Waals surface area (Å²) < 4.78 is 2.03. The van der Waals surface area contributed by atoms with E-state index < -0.39 is 0 Å². The lowest BCUT2D eigenvalue weighted by Crippen LogP contribution is -2.35. The summed E-state index contributed by atoms with van der Waals surface area (Å²) in [5, 5.41) is 4.26. The Hall–Kier alpha value is -0.870. The van der Waals surface area contributed by atoms with Gasteiger partial charge in [0.15, 0.2) is 0 Å². The Morgan fingerprint density at radius 1 is 1.26 bits per heavy atom. The fourth-order valence-corrected chi connectivity index (χ4v) is 3.25. The van der Waals surface area contributed by atoms with Crippen LogP contribution < -0.4 is 0 Å². The van der Waals surface area contributed by atoms with Gasteiger partial charge in [-0.3, -0.25) is 4.68 Å². The second-order valence-corrected chi connectivity index (χ2v) is 5.96. The summed E-state index contributed by atoms with van der Waals surface area (Å²) in [7, 11) is 4.45. The zero-order valence-corrected chi connectivity index (χ0v) is 12.6. The van der Waals surface area contributed by atoms with Gasteiger partial charge < -0.3 is 9.80 Å². The minimum atomic E-state index is 0.740. The third-order valence-electron chi connectivity index (χ3n) is 4.23. The van der Waals surface area contributed by atoms with E-state index >= 15 is 0 Å². The number of hydrogen-bond donors (Lipinski definition) is 0. The number of aromatic nitrogens is 2. The summed E-state index contributed by atoms with van der Waals surface area (Å²) in [4.78, 5) is 5.04. The molecule has 1 aromatic heterocycles. The van der Waals surface area contributed by atoms with E-state index in [1.165, 1.54) is 38.9 Å². The van der Waals surface area contributed by atoms with Gasteiger partial charge >= 0.3 is 0 Å². The highest BCUT2D eigenvalue weighted by molar-refractivity contribution is 4.88. The summed E-state index contributed by atoms with van der Waals surface area (Å²) in [5.74, 6) is 0.852. The Labute approximate surface area is 117 Å². The molecule has 0 N–H and O–H groups in total. The van der Waals surface area contributed by atoms with E-state index in [9.17, 15) is 0 Å². The van der Waals surface area contributed by atoms with Crippen LogP contribution in [0.2, 0.25) is 0 Å². The van der Waals surface area contributed by atoms with Gasteiger partial charge in [0.1, 0.15) is 0 Å². The first-order valence-corrected chi connectivity index (χ1v) is 7.57. The lowest BCUT2D eigenvalue weighted by atomic mass is 9.98. The summed E-state index contributed by atoms with van der Waals surface area (Å²) >= 11 is 0. The second-order valence-electron chi connectivity index (χ2n) is 5.96. The maximum atomic E-state index is 4.26. The fourth-order valence-electron chi connectivity index (χ4n) is 3.25. The molecule has 0 bridgehead atoms. The molecule has 0 amide bonds. The normalized spacial score (nSPS) is 24.4. The molecule has 0 aliphatic carbocycles. The summed E-state index contributed by atoms with van der Waals surface area (Å²) in [6, 6.07) is 2.74. The first-order valence-electron chi connectivity index (χ1n) is 7.57. The Kier molecular flexibility index (Phi) is 5.40. The van der Waals surface area contributed by atoms with Gasteiger partial charge in [-0.05, 0) is 45.5 Å². The summed E-state index contributed by atoms with van der Waals surface area (Å²) in [6.07, 6.45) is 7.76. The van der Waals surface area contributed by atoms with Crippen LogP contribution in [-0.4, -0.2) is 59.4 Å². The molecule has 1 aliphatic heterocycles. The number of likely N-dealkylation sites (N-methyl/N-ethyl adjacent to an activating group) is 1. The minimum Gasteiger partial charge on any atom is -0.305 e. The van der Waals surface area contributed by atoms with E-state index in [-0.39, 0.29) is 0 Å². The third-order valence-corrected chi connectivity index (χ3v) is 4.23. The molecule has 0 saturated carbocycles. The van der Waals surface area contributed by atoms with Crippen LogP contribution in [0.5, 0.6) is 0 Å². The molecule has 2 atom stereocenters. The highest BCUT2D eigenvalue weighted by atomic mass is 15.3. The molecule has 108 valence electrons. The number of nitrogens with zero attached hydrogens (tertiary/aromatic N) is 4. The lowest BCUT2D eigenvalue weighted by Gasteiger charge is -2.24. The van der Waals surface area contributed by atoms with Crippen LogP contribution in [0, 0.1) is 5.92 Å². The Balaban J connectivity index is 1.75. The van der Waals surface area contributed by atoms with Crippen LogP contribution in [0.15, 0.2) is 18.5 Å². The van der Waals surface area contributed by atoms with Gasteiger partial charge in [-0.2, -0.15) is 5.10 Å². The Morgan fingerprint density at radius 2 is 2.11 bits per heavy atom. The number of aryl methyl sites for hydroxylation is 1. The third kappa shape index (κ3) is 4.05. The summed E-state index contributed by atoms with van der Waals surface area (Å²) in [5.41, 5.74) is 0. The van der Waals surface area contributed by atoms with Gasteiger partial charge in [-0.25, -0.2) is 0 Å². The van der Waals surface area contributed by atoms with E-state index in [4.69, 9.17) is 0 Å². The molecule has 0 aromatic carbocycles. The van der Waals surface area contributed by atoms with Crippen molar-refractivity contribution in [2.45, 2.75) is 38.8 Å². The van der Waals surface area contributed by atoms with Crippen molar-refractivity contribution in [1.82, 2.24) is 19.6 Å². The molecule has 2 rings (SSSR count). The zero-order valence-electron chi connectivity index (χ0n) is 12.6. The number of hydrogen-bond acceptors (Lipinski definition) is 3. The van der Waals surface area contributed by atoms with Crippen molar-refractivity contribution >= 4 is 0 Å². The van der Waals surface area contributed by atoms with E-state index in [0.29, 0.717) is 0 Å². The van der Waals surface area contributed by atoms with Crippen molar-refractivity contribution in [1.29, 1.82) is 0 Å². The van der Waals surface area contributed by atoms with Gasteiger partial charge in [-0.15, -0.1) is 0 Å². The Morgan fingerprint density at radius 3 is 2.74 bits per heavy atom. The molecule has 1 aliphatic rings. The molecule has 0 unspecified atom stereocenters. The quantitative estimate of drug-likeness (QED) is 0.752. The van der Waals surface area contributed by atoms with Crippen molar-refractivity contribution in [3.05, 3.63) is 18.5 Å². The predicted molar refractivity (Wildman–Crippen MR) is 79.2 cm³/mol. The molecule has 1 saturated heterocycles. The topological polar surface area (TPSA) is 24.3 Å². The first kappa shape index (κ1) is 14.5. The lowest BCUT2D eigenvalue weighted by molar-refractivity contribution is 0.239. The second kappa shape index (κ2) is 7.06. The molecule has 0 radical (unpaired) electrons. The maximum absolute atomic E-state index is 4.26. The van der Waals surface area contributed by atoms with E-state index in [1.807, 2.05) is 23.1 Å². The van der Waals surface area contributed by atoms with Crippen molar-refractivity contribution in [2.75, 3.05) is 33.7 Å². The highest BCUT2D eigenvalue weighted by Crippen LogP contribution is 2.24. The van der Waals surface area contributed by atoms with Gasteiger partial charge in [0.2, 0.25) is 0 Å². The van der Waals surface area contributed by atoms with Gasteiger partial charge in [0, 0.05) is 38.1 Å². The maximum Gasteiger partial charge on any atom is 0.0489 e. The molecule has 4 nitrogen and oxygen atoms in total. The summed E-state index contributed by atoms with van der Waals surface area (Å²) in [6.45, 7) is 7.04. The number of rotatable bonds is 7. The molecule has 4 heteroatoms. The van der Waals surface area contributed by atoms with Crippen LogP contribution in [-0.2, 0) is 6.54 Å². The first-order chi connectivity index (χ1) is 9.20. The average molecular weight is 264 g/mol. The van der Waals surface area contributed by atoms with Crippen molar-refractivity contribution in [3.63, 3.8) is 0 Å². The minimum absolute atomic E-state index is 0.740. The van der Waals surface area contributed by atoms with Crippen molar-refractivity contribution < 1.29 is 0 Å². The predicted octanol–water partition coefficient (Wildman–Crippen LogP) is 1.94. The van der Waals surface area contributed by atoms with Crippen LogP contribution in [0.1, 0.15) is 26.2 Å². The van der Waals surface area contributed by atoms with Crippen LogP contribution in [0.3, 0.4) is 0 Å². The zero-order chi connectivity index (χ0) is 13.7. The van der Waals surface area contributed by atoms with Crippen molar-refractivity contribution in [2.24, 2.45) is 5.92 Å². The van der Waals surface area contributed by atoms with Crippen LogP contribution in [0.25, 0.3) is 0 Å². The van der Waals surface area contributed by atoms with E-state index in [2.05, 4.69) is 35.9 Å². The van der Waals surface area contributed by atoms with Crippen molar-refractivity contribution in [3.8, 4) is 0 Å². The smallest absolute Gasteiger partial charge is 0.0489 e. The van der Waals surface area contributed by atoms with E-state index in [0.717, 1.165) is 18.5 Å². The fraction of sp³-hybridized carbons (Fsp3) is 0.800. The molecule has 19 heavy (non-hydrogen) atoms. The highest BCUT2D eigenvalue weighted by Gasteiger charge is 2.32. The van der Waals surface area contributed by atoms with Gasteiger partial charge in [-0.1, -0.05) is 13.3 Å². The molecule has 1 fully saturated rings. The Bertz CT molecular complexity index is 347. The van der Waals surface area contributed by atoms with Crippen LogP contribution >= 0.6 is 0 Å². The number of likely N-dealkylation sites (tertiary alicyclic amines) is 1. The standard InChI is InChI=1S/C15H28N4/c1-4-7-14-12-18(13-15(14)17(2)3)9-6-11-19-10-5-8-16-19/h5,8,10,14-15H,4,6-7,9,11-13H2,1-3H3/t14-,15-/m1/s1. The van der Waals surface area contributed by atoms with E-state index in [1.54, 1.807) is 0 Å². The molecular weight excluding hydrogens is 236 g/mol. The average Bonchev–Trinajstić information content (AvgIpc) is 2.99. The monoisotopic (exact) mass is 264 g/mol.